The maximum atomic E-state index is 12.6. The third-order valence-electron chi connectivity index (χ3n) is 4.53. The van der Waals surface area contributed by atoms with Crippen LogP contribution in [0.2, 0.25) is 0 Å². The molecule has 1 amide bonds. The molecule has 0 aliphatic carbocycles. The molecule has 0 aromatic heterocycles. The van der Waals surface area contributed by atoms with Gasteiger partial charge in [-0.1, -0.05) is 18.2 Å². The third kappa shape index (κ3) is 4.16. The second-order valence-corrected chi connectivity index (χ2v) is 6.41. The van der Waals surface area contributed by atoms with E-state index in [1.165, 1.54) is 19.2 Å². The molecule has 1 unspecified atom stereocenters. The number of carbonyl (C=O) groups is 1. The van der Waals surface area contributed by atoms with Crippen LogP contribution in [0.15, 0.2) is 36.4 Å². The predicted octanol–water partition coefficient (Wildman–Crippen LogP) is 2.98. The largest absolute Gasteiger partial charge is 0.493 e. The molecule has 8 heteroatoms. The number of nitro groups is 1. The molecule has 1 aliphatic heterocycles. The lowest BCUT2D eigenvalue weighted by Gasteiger charge is -2.25. The van der Waals surface area contributed by atoms with Crippen LogP contribution in [0.25, 0.3) is 0 Å². The number of benzene rings is 2. The summed E-state index contributed by atoms with van der Waals surface area (Å²) in [5.74, 6) is 0.907. The highest BCUT2D eigenvalue weighted by molar-refractivity contribution is 5.99. The van der Waals surface area contributed by atoms with Gasteiger partial charge in [-0.05, 0) is 25.0 Å². The van der Waals surface area contributed by atoms with Crippen LogP contribution in [-0.4, -0.2) is 37.7 Å². The standard InChI is InChI=1S/C20H22N2O6/c1-3-27-19-10-16(22(24)25)15(9-18(19)26-2)20(23)21-11-13-8-14-6-4-5-7-17(14)28-12-13/h4-7,9-10,13H,3,8,11-12H2,1-2H3,(H,21,23). The van der Waals surface area contributed by atoms with Crippen molar-refractivity contribution in [3.8, 4) is 17.2 Å². The Bertz CT molecular complexity index is 883. The zero-order valence-electron chi connectivity index (χ0n) is 15.8. The average Bonchev–Trinajstić information content (AvgIpc) is 2.71. The fourth-order valence-electron chi connectivity index (χ4n) is 3.16. The number of nitro benzene ring substituents is 1. The molecule has 1 atom stereocenters. The van der Waals surface area contributed by atoms with Gasteiger partial charge >= 0.3 is 0 Å². The number of amides is 1. The van der Waals surface area contributed by atoms with Crippen molar-refractivity contribution in [1.29, 1.82) is 0 Å². The van der Waals surface area contributed by atoms with Gasteiger partial charge in [0.05, 0.1) is 31.3 Å². The highest BCUT2D eigenvalue weighted by Crippen LogP contribution is 2.35. The van der Waals surface area contributed by atoms with Crippen molar-refractivity contribution in [3.63, 3.8) is 0 Å². The van der Waals surface area contributed by atoms with Gasteiger partial charge in [0.15, 0.2) is 11.5 Å². The average molecular weight is 386 g/mol. The van der Waals surface area contributed by atoms with Crippen LogP contribution in [0, 0.1) is 16.0 Å². The van der Waals surface area contributed by atoms with E-state index in [1.54, 1.807) is 6.92 Å². The first-order valence-corrected chi connectivity index (χ1v) is 9.01. The number of ether oxygens (including phenoxy) is 3. The van der Waals surface area contributed by atoms with Gasteiger partial charge in [-0.3, -0.25) is 14.9 Å². The van der Waals surface area contributed by atoms with Gasteiger partial charge < -0.3 is 19.5 Å². The number of methoxy groups -OCH3 is 1. The summed E-state index contributed by atoms with van der Waals surface area (Å²) in [6, 6.07) is 10.3. The van der Waals surface area contributed by atoms with E-state index >= 15 is 0 Å². The minimum absolute atomic E-state index is 0.0672. The Morgan fingerprint density at radius 1 is 1.32 bits per heavy atom. The fraction of sp³-hybridized carbons (Fsp3) is 0.350. The molecule has 28 heavy (non-hydrogen) atoms. The van der Waals surface area contributed by atoms with E-state index in [0.717, 1.165) is 17.7 Å². The van der Waals surface area contributed by atoms with Crippen LogP contribution in [0.1, 0.15) is 22.8 Å². The van der Waals surface area contributed by atoms with Gasteiger partial charge in [-0.25, -0.2) is 0 Å². The number of para-hydroxylation sites is 1. The molecule has 0 spiro atoms. The van der Waals surface area contributed by atoms with Gasteiger partial charge in [0.2, 0.25) is 0 Å². The molecule has 0 fully saturated rings. The zero-order chi connectivity index (χ0) is 20.1. The summed E-state index contributed by atoms with van der Waals surface area (Å²) < 4.78 is 16.3. The molecule has 148 valence electrons. The van der Waals surface area contributed by atoms with Crippen molar-refractivity contribution >= 4 is 11.6 Å². The van der Waals surface area contributed by atoms with Crippen LogP contribution in [0.4, 0.5) is 5.69 Å². The topological polar surface area (TPSA) is 99.9 Å². The molecule has 1 N–H and O–H groups in total. The van der Waals surface area contributed by atoms with E-state index in [2.05, 4.69) is 5.32 Å². The highest BCUT2D eigenvalue weighted by Gasteiger charge is 2.26. The summed E-state index contributed by atoms with van der Waals surface area (Å²) in [7, 11) is 1.42. The Hall–Kier alpha value is -3.29. The van der Waals surface area contributed by atoms with Gasteiger partial charge in [-0.15, -0.1) is 0 Å². The number of fused-ring (bicyclic) bond motifs is 1. The van der Waals surface area contributed by atoms with Crippen LogP contribution < -0.4 is 19.5 Å². The molecule has 2 aromatic rings. The Kier molecular flexibility index (Phi) is 5.98. The minimum Gasteiger partial charge on any atom is -0.493 e. The smallest absolute Gasteiger partial charge is 0.286 e. The molecular weight excluding hydrogens is 364 g/mol. The molecule has 3 rings (SSSR count). The van der Waals surface area contributed by atoms with E-state index in [9.17, 15) is 14.9 Å². The van der Waals surface area contributed by atoms with Gasteiger partial charge in [0.1, 0.15) is 11.3 Å². The van der Waals surface area contributed by atoms with Gasteiger partial charge in [0.25, 0.3) is 11.6 Å². The van der Waals surface area contributed by atoms with Gasteiger partial charge in [0, 0.05) is 18.5 Å². The van der Waals surface area contributed by atoms with Crippen LogP contribution in [-0.2, 0) is 6.42 Å². The molecule has 1 aliphatic rings. The number of carbonyl (C=O) groups excluding carboxylic acids is 1. The van der Waals surface area contributed by atoms with Crippen molar-refractivity contribution in [1.82, 2.24) is 5.32 Å². The molecule has 1 heterocycles. The molecule has 0 radical (unpaired) electrons. The second-order valence-electron chi connectivity index (χ2n) is 6.41. The van der Waals surface area contributed by atoms with E-state index < -0.39 is 10.8 Å². The molecule has 0 saturated heterocycles. The van der Waals surface area contributed by atoms with Crippen molar-refractivity contribution in [2.45, 2.75) is 13.3 Å². The summed E-state index contributed by atoms with van der Waals surface area (Å²) in [5, 5.41) is 14.2. The van der Waals surface area contributed by atoms with Crippen LogP contribution >= 0.6 is 0 Å². The maximum Gasteiger partial charge on any atom is 0.286 e. The fourth-order valence-corrected chi connectivity index (χ4v) is 3.16. The SMILES string of the molecule is CCOc1cc([N+](=O)[O-])c(C(=O)NCC2COc3ccccc3C2)cc1OC. The second kappa shape index (κ2) is 8.60. The molecule has 8 nitrogen and oxygen atoms in total. The normalized spacial score (nSPS) is 15.1. The van der Waals surface area contributed by atoms with Crippen molar-refractivity contribution < 1.29 is 23.9 Å². The van der Waals surface area contributed by atoms with Crippen molar-refractivity contribution in [2.24, 2.45) is 5.92 Å². The lowest BCUT2D eigenvalue weighted by molar-refractivity contribution is -0.385. The maximum absolute atomic E-state index is 12.6. The van der Waals surface area contributed by atoms with E-state index in [0.29, 0.717) is 19.8 Å². The zero-order valence-corrected chi connectivity index (χ0v) is 15.8. The van der Waals surface area contributed by atoms with Crippen molar-refractivity contribution in [2.75, 3.05) is 26.9 Å². The predicted molar refractivity (Wildman–Crippen MR) is 102 cm³/mol. The monoisotopic (exact) mass is 386 g/mol. The number of nitrogens with one attached hydrogen (secondary N) is 1. The number of rotatable bonds is 7. The summed E-state index contributed by atoms with van der Waals surface area (Å²) >= 11 is 0. The molecule has 2 aromatic carbocycles. The quantitative estimate of drug-likeness (QED) is 0.580. The Morgan fingerprint density at radius 3 is 2.82 bits per heavy atom. The Balaban J connectivity index is 1.74. The summed E-state index contributed by atoms with van der Waals surface area (Å²) in [6.45, 7) is 2.91. The summed E-state index contributed by atoms with van der Waals surface area (Å²) in [5.41, 5.74) is 0.691. The first kappa shape index (κ1) is 19.5. The van der Waals surface area contributed by atoms with Gasteiger partial charge in [-0.2, -0.15) is 0 Å². The van der Waals surface area contributed by atoms with E-state index in [-0.39, 0.29) is 28.7 Å². The minimum atomic E-state index is -0.600. The van der Waals surface area contributed by atoms with Crippen molar-refractivity contribution in [3.05, 3.63) is 57.6 Å². The van der Waals surface area contributed by atoms with E-state index in [1.807, 2.05) is 24.3 Å². The lowest BCUT2D eigenvalue weighted by atomic mass is 9.96. The van der Waals surface area contributed by atoms with Crippen LogP contribution in [0.3, 0.4) is 0 Å². The summed E-state index contributed by atoms with van der Waals surface area (Å²) in [6.07, 6.45) is 0.769. The molecule has 0 bridgehead atoms. The number of hydrogen-bond donors (Lipinski definition) is 1. The Morgan fingerprint density at radius 2 is 2.11 bits per heavy atom. The summed E-state index contributed by atoms with van der Waals surface area (Å²) in [4.78, 5) is 23.5. The lowest BCUT2D eigenvalue weighted by Crippen LogP contribution is -2.35. The first-order valence-electron chi connectivity index (χ1n) is 9.01. The molecular formula is C20H22N2O6. The third-order valence-corrected chi connectivity index (χ3v) is 4.53. The van der Waals surface area contributed by atoms with E-state index in [4.69, 9.17) is 14.2 Å². The Labute approximate surface area is 162 Å². The highest BCUT2D eigenvalue weighted by atomic mass is 16.6. The number of hydrogen-bond acceptors (Lipinski definition) is 6. The number of nitrogens with zero attached hydrogens (tertiary/aromatic N) is 1. The molecule has 0 saturated carbocycles. The first-order chi connectivity index (χ1) is 13.5. The van der Waals surface area contributed by atoms with Crippen LogP contribution in [0.5, 0.6) is 17.2 Å².